The first-order valence-electron chi connectivity index (χ1n) is 8.34. The maximum atomic E-state index is 12.5. The Balaban J connectivity index is 2.08. The van der Waals surface area contributed by atoms with Crippen LogP contribution in [0.2, 0.25) is 0 Å². The second-order valence-electron chi connectivity index (χ2n) is 5.70. The van der Waals surface area contributed by atoms with E-state index in [1.165, 1.54) is 0 Å². The van der Waals surface area contributed by atoms with Crippen molar-refractivity contribution in [1.29, 1.82) is 0 Å². The Kier molecular flexibility index (Phi) is 6.76. The molecule has 1 N–H and O–H groups in total. The van der Waals surface area contributed by atoms with Crippen LogP contribution in [0.5, 0.6) is 0 Å². The van der Waals surface area contributed by atoms with Crippen molar-refractivity contribution in [2.45, 2.75) is 39.7 Å². The molecule has 0 aromatic heterocycles. The lowest BCUT2D eigenvalue weighted by molar-refractivity contribution is -0.123. The number of carbonyl (C=O) groups excluding carboxylic acids is 2. The van der Waals surface area contributed by atoms with Crippen LogP contribution in [0, 0.1) is 0 Å². The van der Waals surface area contributed by atoms with Gasteiger partial charge in [0.05, 0.1) is 5.56 Å². The van der Waals surface area contributed by atoms with Gasteiger partial charge in [-0.3, -0.25) is 4.79 Å². The number of benzene rings is 2. The lowest BCUT2D eigenvalue weighted by atomic mass is 10.0. The SMILES string of the molecule is CCc1cccc(CC)c1NC(=O)[C@H](C)OC(=O)c1ccc(Br)cc1. The highest BCUT2D eigenvalue weighted by Crippen LogP contribution is 2.23. The molecular weight excluding hydrogens is 382 g/mol. The molecule has 0 saturated carbocycles. The predicted octanol–water partition coefficient (Wildman–Crippen LogP) is 4.76. The average molecular weight is 404 g/mol. The molecular formula is C20H22BrNO3. The Labute approximate surface area is 156 Å². The molecule has 0 unspecified atom stereocenters. The Morgan fingerprint density at radius 3 is 2.12 bits per heavy atom. The van der Waals surface area contributed by atoms with E-state index in [9.17, 15) is 9.59 Å². The van der Waals surface area contributed by atoms with Crippen LogP contribution in [0.3, 0.4) is 0 Å². The number of esters is 1. The summed E-state index contributed by atoms with van der Waals surface area (Å²) in [5.74, 6) is -0.851. The van der Waals surface area contributed by atoms with Crippen LogP contribution in [0.15, 0.2) is 46.9 Å². The van der Waals surface area contributed by atoms with Gasteiger partial charge in [0.15, 0.2) is 6.10 Å². The zero-order valence-corrected chi connectivity index (χ0v) is 16.2. The van der Waals surface area contributed by atoms with Crippen molar-refractivity contribution in [2.24, 2.45) is 0 Å². The summed E-state index contributed by atoms with van der Waals surface area (Å²) in [6.45, 7) is 5.66. The van der Waals surface area contributed by atoms with Crippen molar-refractivity contribution in [2.75, 3.05) is 5.32 Å². The van der Waals surface area contributed by atoms with E-state index in [1.54, 1.807) is 31.2 Å². The van der Waals surface area contributed by atoms with E-state index >= 15 is 0 Å². The molecule has 0 aliphatic carbocycles. The van der Waals surface area contributed by atoms with Gasteiger partial charge in [-0.1, -0.05) is 48.0 Å². The molecule has 0 aliphatic rings. The van der Waals surface area contributed by atoms with Crippen LogP contribution in [-0.4, -0.2) is 18.0 Å². The Bertz CT molecular complexity index is 734. The van der Waals surface area contributed by atoms with Crippen LogP contribution < -0.4 is 5.32 Å². The summed E-state index contributed by atoms with van der Waals surface area (Å²) in [6, 6.07) is 12.8. The summed E-state index contributed by atoms with van der Waals surface area (Å²) in [5.41, 5.74) is 3.37. The van der Waals surface area contributed by atoms with Crippen LogP contribution in [0.1, 0.15) is 42.3 Å². The first kappa shape index (κ1) is 19.2. The zero-order valence-electron chi connectivity index (χ0n) is 14.6. The normalized spacial score (nSPS) is 11.7. The maximum Gasteiger partial charge on any atom is 0.338 e. The van der Waals surface area contributed by atoms with Gasteiger partial charge in [-0.25, -0.2) is 4.79 Å². The van der Waals surface area contributed by atoms with Crippen molar-refractivity contribution >= 4 is 33.5 Å². The number of hydrogen-bond acceptors (Lipinski definition) is 3. The molecule has 0 aliphatic heterocycles. The molecule has 0 spiro atoms. The van der Waals surface area contributed by atoms with Gasteiger partial charge in [-0.05, 0) is 55.2 Å². The van der Waals surface area contributed by atoms with Gasteiger partial charge in [0.2, 0.25) is 0 Å². The van der Waals surface area contributed by atoms with Crippen molar-refractivity contribution in [3.63, 3.8) is 0 Å². The molecule has 132 valence electrons. The predicted molar refractivity (Wildman–Crippen MR) is 103 cm³/mol. The lowest BCUT2D eigenvalue weighted by Gasteiger charge is -2.18. The quantitative estimate of drug-likeness (QED) is 0.707. The third-order valence-corrected chi connectivity index (χ3v) is 4.51. The van der Waals surface area contributed by atoms with Gasteiger partial charge in [0.1, 0.15) is 0 Å². The summed E-state index contributed by atoms with van der Waals surface area (Å²) in [6.07, 6.45) is 0.748. The summed E-state index contributed by atoms with van der Waals surface area (Å²) in [4.78, 5) is 24.6. The number of amides is 1. The summed E-state index contributed by atoms with van der Waals surface area (Å²) in [7, 11) is 0. The monoisotopic (exact) mass is 403 g/mol. The van der Waals surface area contributed by atoms with Crippen molar-refractivity contribution in [3.05, 3.63) is 63.6 Å². The minimum atomic E-state index is -0.884. The van der Waals surface area contributed by atoms with Gasteiger partial charge in [0, 0.05) is 10.2 Å². The Hall–Kier alpha value is -2.14. The fourth-order valence-corrected chi connectivity index (χ4v) is 2.76. The smallest absolute Gasteiger partial charge is 0.338 e. The van der Waals surface area contributed by atoms with Gasteiger partial charge in [-0.2, -0.15) is 0 Å². The Morgan fingerprint density at radius 1 is 1.04 bits per heavy atom. The van der Waals surface area contributed by atoms with E-state index in [1.807, 2.05) is 32.0 Å². The topological polar surface area (TPSA) is 55.4 Å². The molecule has 2 aromatic carbocycles. The molecule has 4 nitrogen and oxygen atoms in total. The average Bonchev–Trinajstić information content (AvgIpc) is 2.62. The van der Waals surface area contributed by atoms with Crippen molar-refractivity contribution in [3.8, 4) is 0 Å². The molecule has 2 aromatic rings. The number of ether oxygens (including phenoxy) is 1. The highest BCUT2D eigenvalue weighted by Gasteiger charge is 2.20. The Morgan fingerprint density at radius 2 is 1.60 bits per heavy atom. The van der Waals surface area contributed by atoms with Crippen LogP contribution in [0.4, 0.5) is 5.69 Å². The molecule has 1 amide bonds. The third kappa shape index (κ3) is 4.92. The molecule has 1 atom stereocenters. The number of rotatable bonds is 6. The highest BCUT2D eigenvalue weighted by atomic mass is 79.9. The summed E-state index contributed by atoms with van der Waals surface area (Å²) in [5, 5.41) is 2.92. The van der Waals surface area contributed by atoms with E-state index in [0.717, 1.165) is 34.1 Å². The molecule has 2 rings (SSSR count). The zero-order chi connectivity index (χ0) is 18.4. The second-order valence-corrected chi connectivity index (χ2v) is 6.62. The molecule has 0 heterocycles. The standard InChI is InChI=1S/C20H22BrNO3/c1-4-14-7-6-8-15(5-2)18(14)22-19(23)13(3)25-20(24)16-9-11-17(21)12-10-16/h6-13H,4-5H2,1-3H3,(H,22,23)/t13-/m0/s1. The number of carbonyl (C=O) groups is 2. The number of aryl methyl sites for hydroxylation is 2. The number of para-hydroxylation sites is 1. The number of anilines is 1. The van der Waals surface area contributed by atoms with E-state index in [-0.39, 0.29) is 5.91 Å². The molecule has 0 bridgehead atoms. The molecule has 0 saturated heterocycles. The van der Waals surface area contributed by atoms with Gasteiger partial charge in [0.25, 0.3) is 5.91 Å². The summed E-state index contributed by atoms with van der Waals surface area (Å²) < 4.78 is 6.16. The molecule has 5 heteroatoms. The van der Waals surface area contributed by atoms with E-state index in [2.05, 4.69) is 21.2 Å². The number of nitrogens with one attached hydrogen (secondary N) is 1. The lowest BCUT2D eigenvalue weighted by Crippen LogP contribution is -2.30. The fraction of sp³-hybridized carbons (Fsp3) is 0.300. The maximum absolute atomic E-state index is 12.5. The van der Waals surface area contributed by atoms with Gasteiger partial charge < -0.3 is 10.1 Å². The van der Waals surface area contributed by atoms with Crippen molar-refractivity contribution < 1.29 is 14.3 Å². The van der Waals surface area contributed by atoms with Gasteiger partial charge in [-0.15, -0.1) is 0 Å². The second kappa shape index (κ2) is 8.81. The molecule has 25 heavy (non-hydrogen) atoms. The van der Waals surface area contributed by atoms with Crippen molar-refractivity contribution in [1.82, 2.24) is 0 Å². The van der Waals surface area contributed by atoms with E-state index in [4.69, 9.17) is 4.74 Å². The number of hydrogen-bond donors (Lipinski definition) is 1. The first-order chi connectivity index (χ1) is 12.0. The van der Waals surface area contributed by atoms with Crippen LogP contribution in [-0.2, 0) is 22.4 Å². The number of halogens is 1. The third-order valence-electron chi connectivity index (χ3n) is 3.98. The van der Waals surface area contributed by atoms with E-state index < -0.39 is 12.1 Å². The minimum absolute atomic E-state index is 0.332. The summed E-state index contributed by atoms with van der Waals surface area (Å²) >= 11 is 3.32. The van der Waals surface area contributed by atoms with Gasteiger partial charge >= 0.3 is 5.97 Å². The highest BCUT2D eigenvalue weighted by molar-refractivity contribution is 9.10. The van der Waals surface area contributed by atoms with E-state index in [0.29, 0.717) is 5.56 Å². The van der Waals surface area contributed by atoms with Crippen LogP contribution in [0.25, 0.3) is 0 Å². The minimum Gasteiger partial charge on any atom is -0.449 e. The van der Waals surface area contributed by atoms with Crippen LogP contribution >= 0.6 is 15.9 Å². The molecule has 0 fully saturated rings. The fourth-order valence-electron chi connectivity index (χ4n) is 2.50. The first-order valence-corrected chi connectivity index (χ1v) is 9.13. The largest absolute Gasteiger partial charge is 0.449 e. The molecule has 0 radical (unpaired) electrons.